The van der Waals surface area contributed by atoms with Crippen LogP contribution in [0.1, 0.15) is 59.8 Å². The molecule has 166 valence electrons. The highest BCUT2D eigenvalue weighted by molar-refractivity contribution is 7.95. The summed E-state index contributed by atoms with van der Waals surface area (Å²) in [6, 6.07) is 13.1. The summed E-state index contributed by atoms with van der Waals surface area (Å²) >= 11 is 0. The van der Waals surface area contributed by atoms with Gasteiger partial charge in [-0.15, -0.1) is 0 Å². The molecule has 0 aliphatic rings. The molecule has 32 heavy (non-hydrogen) atoms. The molecule has 2 aromatic carbocycles. The Hall–Kier alpha value is -2.84. The third-order valence-electron chi connectivity index (χ3n) is 5.85. The number of carbonyl (C=O) groups excluding carboxylic acids is 2. The SMILES string of the molecule is Cc1cc(C)c(C(=O)P(=O)(CCc2ccccn2)C(=O)c2c(C)cc(C)cc2C)c(C)c1. The Morgan fingerprint density at radius 3 is 1.56 bits per heavy atom. The largest absolute Gasteiger partial charge is 0.307 e. The molecular weight excluding hydrogens is 417 g/mol. The second kappa shape index (κ2) is 9.34. The van der Waals surface area contributed by atoms with Crippen molar-refractivity contribution >= 4 is 18.2 Å². The molecule has 0 spiro atoms. The van der Waals surface area contributed by atoms with Gasteiger partial charge < -0.3 is 4.57 Å². The molecule has 0 saturated carbocycles. The van der Waals surface area contributed by atoms with Crippen molar-refractivity contribution in [1.82, 2.24) is 4.98 Å². The number of hydrogen-bond donors (Lipinski definition) is 0. The summed E-state index contributed by atoms with van der Waals surface area (Å²) in [5.41, 5.74) is 5.45. The average Bonchev–Trinajstić information content (AvgIpc) is 2.71. The lowest BCUT2D eigenvalue weighted by atomic mass is 10.0. The number of pyridine rings is 1. The third kappa shape index (κ3) is 4.66. The van der Waals surface area contributed by atoms with E-state index >= 15 is 0 Å². The van der Waals surface area contributed by atoms with Crippen LogP contribution in [0.2, 0.25) is 0 Å². The lowest BCUT2D eigenvalue weighted by Gasteiger charge is -2.21. The maximum absolute atomic E-state index is 14.4. The third-order valence-corrected chi connectivity index (χ3v) is 8.46. The number of rotatable bonds is 7. The fourth-order valence-corrected chi connectivity index (χ4v) is 7.07. The van der Waals surface area contributed by atoms with Gasteiger partial charge in [0.1, 0.15) is 0 Å². The van der Waals surface area contributed by atoms with Crippen molar-refractivity contribution in [2.45, 2.75) is 48.0 Å². The van der Waals surface area contributed by atoms with Crippen LogP contribution in [0.25, 0.3) is 0 Å². The fraction of sp³-hybridized carbons (Fsp3) is 0.296. The molecule has 3 rings (SSSR count). The molecule has 0 aliphatic heterocycles. The Balaban J connectivity index is 2.15. The molecule has 0 amide bonds. The number of hydrogen-bond acceptors (Lipinski definition) is 4. The maximum Gasteiger partial charge on any atom is 0.229 e. The van der Waals surface area contributed by atoms with Gasteiger partial charge in [-0.3, -0.25) is 14.6 Å². The fourth-order valence-electron chi connectivity index (χ4n) is 4.51. The van der Waals surface area contributed by atoms with Crippen LogP contribution in [0.4, 0.5) is 0 Å². The Kier molecular flexibility index (Phi) is 6.95. The van der Waals surface area contributed by atoms with E-state index in [4.69, 9.17) is 0 Å². The van der Waals surface area contributed by atoms with Gasteiger partial charge in [0.25, 0.3) is 0 Å². The zero-order chi connectivity index (χ0) is 23.6. The molecular formula is C27H30NO3P. The summed E-state index contributed by atoms with van der Waals surface area (Å²) in [5, 5.41) is 0. The summed E-state index contributed by atoms with van der Waals surface area (Å²) < 4.78 is 14.4. The zero-order valence-electron chi connectivity index (χ0n) is 19.7. The number of benzene rings is 2. The Morgan fingerprint density at radius 2 is 1.19 bits per heavy atom. The molecule has 4 nitrogen and oxygen atoms in total. The number of aromatic nitrogens is 1. The maximum atomic E-state index is 14.4. The number of nitrogens with zero attached hydrogens (tertiary/aromatic N) is 1. The average molecular weight is 448 g/mol. The van der Waals surface area contributed by atoms with Crippen molar-refractivity contribution in [3.63, 3.8) is 0 Å². The smallest absolute Gasteiger partial charge is 0.229 e. The van der Waals surface area contributed by atoms with E-state index in [1.807, 2.05) is 77.9 Å². The van der Waals surface area contributed by atoms with Crippen molar-refractivity contribution in [3.8, 4) is 0 Å². The molecule has 0 saturated heterocycles. The molecule has 0 aliphatic carbocycles. The second-order valence-corrected chi connectivity index (χ2v) is 11.4. The predicted octanol–water partition coefficient (Wildman–Crippen LogP) is 6.52. The van der Waals surface area contributed by atoms with Crippen LogP contribution < -0.4 is 0 Å². The first-order valence-corrected chi connectivity index (χ1v) is 12.7. The lowest BCUT2D eigenvalue weighted by Crippen LogP contribution is -2.18. The van der Waals surface area contributed by atoms with Crippen molar-refractivity contribution in [1.29, 1.82) is 0 Å². The first-order valence-electron chi connectivity index (χ1n) is 10.8. The highest BCUT2D eigenvalue weighted by Crippen LogP contribution is 2.54. The van der Waals surface area contributed by atoms with Crippen LogP contribution in [0.3, 0.4) is 0 Å². The van der Waals surface area contributed by atoms with Gasteiger partial charge in [-0.2, -0.15) is 0 Å². The molecule has 3 aromatic rings. The van der Waals surface area contributed by atoms with Gasteiger partial charge in [0.2, 0.25) is 18.2 Å². The summed E-state index contributed by atoms with van der Waals surface area (Å²) in [6.07, 6.45) is 1.91. The Bertz CT molecular complexity index is 1130. The molecule has 0 radical (unpaired) electrons. The Labute approximate surface area is 190 Å². The minimum absolute atomic E-state index is 0.0405. The van der Waals surface area contributed by atoms with E-state index in [9.17, 15) is 14.2 Å². The minimum atomic E-state index is -3.97. The van der Waals surface area contributed by atoms with Crippen molar-refractivity contribution in [3.05, 3.63) is 98.9 Å². The molecule has 5 heteroatoms. The highest BCUT2D eigenvalue weighted by atomic mass is 31.2. The van der Waals surface area contributed by atoms with E-state index in [2.05, 4.69) is 4.98 Å². The molecule has 1 aromatic heterocycles. The summed E-state index contributed by atoms with van der Waals surface area (Å²) in [5.74, 6) is 0. The van der Waals surface area contributed by atoms with Gasteiger partial charge >= 0.3 is 0 Å². The van der Waals surface area contributed by atoms with Crippen molar-refractivity contribution in [2.24, 2.45) is 0 Å². The van der Waals surface area contributed by atoms with Crippen LogP contribution in [-0.2, 0) is 11.0 Å². The van der Waals surface area contributed by atoms with E-state index < -0.39 is 18.2 Å². The van der Waals surface area contributed by atoms with Crippen LogP contribution in [0, 0.1) is 41.5 Å². The van der Waals surface area contributed by atoms with E-state index in [1.54, 1.807) is 12.3 Å². The molecule has 0 unspecified atom stereocenters. The van der Waals surface area contributed by atoms with Crippen LogP contribution in [0.5, 0.6) is 0 Å². The summed E-state index contributed by atoms with van der Waals surface area (Å²) in [6.45, 7) is 11.3. The van der Waals surface area contributed by atoms with E-state index in [-0.39, 0.29) is 6.16 Å². The van der Waals surface area contributed by atoms with Crippen LogP contribution in [-0.4, -0.2) is 22.2 Å². The first kappa shape index (κ1) is 23.8. The van der Waals surface area contributed by atoms with E-state index in [1.165, 1.54) is 0 Å². The van der Waals surface area contributed by atoms with Gasteiger partial charge in [0.05, 0.1) is 0 Å². The van der Waals surface area contributed by atoms with Gasteiger partial charge in [-0.05, 0) is 82.3 Å². The van der Waals surface area contributed by atoms with Crippen molar-refractivity contribution < 1.29 is 14.2 Å². The first-order chi connectivity index (χ1) is 15.0. The van der Waals surface area contributed by atoms with Gasteiger partial charge in [0.15, 0.2) is 0 Å². The normalized spacial score (nSPS) is 11.4. The van der Waals surface area contributed by atoms with Crippen LogP contribution in [0.15, 0.2) is 48.7 Å². The molecule has 0 atom stereocenters. The van der Waals surface area contributed by atoms with Gasteiger partial charge in [-0.1, -0.05) is 41.5 Å². The number of carbonyl (C=O) groups is 2. The van der Waals surface area contributed by atoms with Crippen molar-refractivity contribution in [2.75, 3.05) is 6.16 Å². The predicted molar refractivity (Wildman–Crippen MR) is 130 cm³/mol. The van der Waals surface area contributed by atoms with Gasteiger partial charge in [0, 0.05) is 29.2 Å². The highest BCUT2D eigenvalue weighted by Gasteiger charge is 2.42. The zero-order valence-corrected chi connectivity index (χ0v) is 20.5. The minimum Gasteiger partial charge on any atom is -0.307 e. The monoisotopic (exact) mass is 447 g/mol. The van der Waals surface area contributed by atoms with Gasteiger partial charge in [-0.25, -0.2) is 0 Å². The van der Waals surface area contributed by atoms with E-state index in [0.717, 1.165) is 33.4 Å². The Morgan fingerprint density at radius 1 is 0.750 bits per heavy atom. The molecule has 1 heterocycles. The summed E-state index contributed by atoms with van der Waals surface area (Å²) in [7, 11) is -3.97. The second-order valence-electron chi connectivity index (χ2n) is 8.69. The number of aryl methyl sites for hydroxylation is 7. The van der Waals surface area contributed by atoms with E-state index in [0.29, 0.717) is 23.2 Å². The quantitative estimate of drug-likeness (QED) is 0.387. The molecule has 0 N–H and O–H groups in total. The molecule has 0 fully saturated rings. The molecule has 0 bridgehead atoms. The lowest BCUT2D eigenvalue weighted by molar-refractivity contribution is 0.103. The topological polar surface area (TPSA) is 64.1 Å². The van der Waals surface area contributed by atoms with Crippen LogP contribution >= 0.6 is 7.14 Å². The standard InChI is InChI=1S/C27H30NO3P/c1-17-13-19(3)24(20(4)14-17)26(29)32(31,12-10-23-9-7-8-11-28-23)27(30)25-21(5)15-18(2)16-22(25)6/h7-9,11,13-16H,10,12H2,1-6H3. The summed E-state index contributed by atoms with van der Waals surface area (Å²) in [4.78, 5) is 32.0.